The van der Waals surface area contributed by atoms with E-state index in [1.54, 1.807) is 18.6 Å². The summed E-state index contributed by atoms with van der Waals surface area (Å²) in [5, 5.41) is 3.27. The molecule has 0 saturated carbocycles. The maximum Gasteiger partial charge on any atom is 0.0801 e. The van der Waals surface area contributed by atoms with E-state index in [0.29, 0.717) is 0 Å². The van der Waals surface area contributed by atoms with Crippen molar-refractivity contribution in [1.82, 2.24) is 15.3 Å². The predicted octanol–water partition coefficient (Wildman–Crippen LogP) is 2.86. The highest BCUT2D eigenvalue weighted by Gasteiger charge is 2.16. The molecule has 17 heavy (non-hydrogen) atoms. The summed E-state index contributed by atoms with van der Waals surface area (Å²) in [5.41, 5.74) is 3.31. The van der Waals surface area contributed by atoms with Crippen molar-refractivity contribution in [2.75, 3.05) is 7.05 Å². The molecule has 1 N–H and O–H groups in total. The monoisotopic (exact) mass is 291 g/mol. The molecule has 0 aliphatic rings. The molecule has 2 aromatic rings. The third kappa shape index (κ3) is 2.53. The lowest BCUT2D eigenvalue weighted by Crippen LogP contribution is -2.19. The number of aryl methyl sites for hydroxylation is 1. The van der Waals surface area contributed by atoms with Crippen molar-refractivity contribution < 1.29 is 0 Å². The maximum absolute atomic E-state index is 4.35. The van der Waals surface area contributed by atoms with Crippen LogP contribution in [0.3, 0.4) is 0 Å². The van der Waals surface area contributed by atoms with Crippen LogP contribution >= 0.6 is 15.9 Å². The second-order valence-electron chi connectivity index (χ2n) is 3.83. The van der Waals surface area contributed by atoms with Crippen LogP contribution in [-0.4, -0.2) is 17.0 Å². The Bertz CT molecular complexity index is 499. The van der Waals surface area contributed by atoms with E-state index in [4.69, 9.17) is 0 Å². The molecule has 1 atom stereocenters. The number of hydrogen-bond donors (Lipinski definition) is 1. The second kappa shape index (κ2) is 5.38. The summed E-state index contributed by atoms with van der Waals surface area (Å²) < 4.78 is 1.12. The Balaban J connectivity index is 2.46. The molecule has 0 saturated heterocycles. The summed E-state index contributed by atoms with van der Waals surface area (Å²) in [7, 11) is 1.92. The number of halogens is 1. The van der Waals surface area contributed by atoms with Gasteiger partial charge in [-0.05, 0) is 25.1 Å². The standard InChI is InChI=1S/C13H14BrN3/c1-9-4-3-5-10(12(9)14)13(15-2)11-8-16-6-7-17-11/h3-8,13,15H,1-2H3. The molecule has 0 bridgehead atoms. The first-order valence-corrected chi connectivity index (χ1v) is 6.21. The zero-order chi connectivity index (χ0) is 12.3. The lowest BCUT2D eigenvalue weighted by atomic mass is 10.0. The molecular formula is C13H14BrN3. The van der Waals surface area contributed by atoms with E-state index >= 15 is 0 Å². The quantitative estimate of drug-likeness (QED) is 0.945. The van der Waals surface area contributed by atoms with E-state index in [-0.39, 0.29) is 6.04 Å². The highest BCUT2D eigenvalue weighted by Crippen LogP contribution is 2.29. The second-order valence-corrected chi connectivity index (χ2v) is 4.62. The first-order valence-electron chi connectivity index (χ1n) is 5.42. The van der Waals surface area contributed by atoms with Gasteiger partial charge >= 0.3 is 0 Å². The minimum absolute atomic E-state index is 0.0537. The first-order chi connectivity index (χ1) is 8.24. The molecule has 0 radical (unpaired) electrons. The van der Waals surface area contributed by atoms with E-state index in [0.717, 1.165) is 10.2 Å². The van der Waals surface area contributed by atoms with Crippen LogP contribution in [0, 0.1) is 6.92 Å². The SMILES string of the molecule is CNC(c1cnccn1)c1cccc(C)c1Br. The number of nitrogens with zero attached hydrogens (tertiary/aromatic N) is 2. The molecule has 2 rings (SSSR count). The fourth-order valence-corrected chi connectivity index (χ4v) is 2.31. The van der Waals surface area contributed by atoms with E-state index < -0.39 is 0 Å². The fourth-order valence-electron chi connectivity index (χ4n) is 1.82. The summed E-state index contributed by atoms with van der Waals surface area (Å²) in [6.45, 7) is 2.08. The van der Waals surface area contributed by atoms with Crippen molar-refractivity contribution in [1.29, 1.82) is 0 Å². The fraction of sp³-hybridized carbons (Fsp3) is 0.231. The Labute approximate surface area is 109 Å². The van der Waals surface area contributed by atoms with Crippen molar-refractivity contribution in [3.8, 4) is 0 Å². The van der Waals surface area contributed by atoms with Crippen LogP contribution in [0.4, 0.5) is 0 Å². The predicted molar refractivity (Wildman–Crippen MR) is 71.8 cm³/mol. The molecule has 1 unspecified atom stereocenters. The summed E-state index contributed by atoms with van der Waals surface area (Å²) in [5.74, 6) is 0. The van der Waals surface area contributed by atoms with Crippen molar-refractivity contribution in [3.05, 3.63) is 58.1 Å². The van der Waals surface area contributed by atoms with Crippen molar-refractivity contribution in [2.45, 2.75) is 13.0 Å². The van der Waals surface area contributed by atoms with Crippen LogP contribution in [0.25, 0.3) is 0 Å². The van der Waals surface area contributed by atoms with Gasteiger partial charge in [0.15, 0.2) is 0 Å². The number of benzene rings is 1. The van der Waals surface area contributed by atoms with Gasteiger partial charge in [0.1, 0.15) is 0 Å². The van der Waals surface area contributed by atoms with Gasteiger partial charge in [-0.2, -0.15) is 0 Å². The van der Waals surface area contributed by atoms with Crippen LogP contribution in [-0.2, 0) is 0 Å². The molecule has 1 aromatic heterocycles. The molecule has 3 nitrogen and oxygen atoms in total. The van der Waals surface area contributed by atoms with Crippen LogP contribution < -0.4 is 5.32 Å². The van der Waals surface area contributed by atoms with Gasteiger partial charge in [0.05, 0.1) is 17.9 Å². The Morgan fingerprint density at radius 3 is 2.76 bits per heavy atom. The van der Waals surface area contributed by atoms with Crippen LogP contribution in [0.5, 0.6) is 0 Å². The van der Waals surface area contributed by atoms with Gasteiger partial charge in [-0.25, -0.2) is 0 Å². The van der Waals surface area contributed by atoms with Gasteiger partial charge in [-0.15, -0.1) is 0 Å². The highest BCUT2D eigenvalue weighted by molar-refractivity contribution is 9.10. The summed E-state index contributed by atoms with van der Waals surface area (Å²) in [4.78, 5) is 8.46. The molecular weight excluding hydrogens is 278 g/mol. The summed E-state index contributed by atoms with van der Waals surface area (Å²) in [6, 6.07) is 6.28. The third-order valence-electron chi connectivity index (χ3n) is 2.70. The molecule has 88 valence electrons. The first kappa shape index (κ1) is 12.2. The van der Waals surface area contributed by atoms with Gasteiger partial charge in [-0.3, -0.25) is 9.97 Å². The van der Waals surface area contributed by atoms with Crippen molar-refractivity contribution in [2.24, 2.45) is 0 Å². The number of hydrogen-bond acceptors (Lipinski definition) is 3. The third-order valence-corrected chi connectivity index (χ3v) is 3.78. The molecule has 0 aliphatic carbocycles. The topological polar surface area (TPSA) is 37.8 Å². The van der Waals surface area contributed by atoms with Crippen molar-refractivity contribution >= 4 is 15.9 Å². The molecule has 1 heterocycles. The van der Waals surface area contributed by atoms with Gasteiger partial charge in [0, 0.05) is 16.9 Å². The zero-order valence-electron chi connectivity index (χ0n) is 9.81. The van der Waals surface area contributed by atoms with Crippen LogP contribution in [0.15, 0.2) is 41.3 Å². The summed E-state index contributed by atoms with van der Waals surface area (Å²) >= 11 is 3.63. The lowest BCUT2D eigenvalue weighted by Gasteiger charge is -2.18. The average Bonchev–Trinajstić information content (AvgIpc) is 2.37. The minimum Gasteiger partial charge on any atom is -0.308 e. The van der Waals surface area contributed by atoms with E-state index in [1.165, 1.54) is 11.1 Å². The minimum atomic E-state index is 0.0537. The van der Waals surface area contributed by atoms with E-state index in [2.05, 4.69) is 56.3 Å². The average molecular weight is 292 g/mol. The Morgan fingerprint density at radius 1 is 1.29 bits per heavy atom. The number of aromatic nitrogens is 2. The van der Waals surface area contributed by atoms with Crippen molar-refractivity contribution in [3.63, 3.8) is 0 Å². The molecule has 1 aromatic carbocycles. The highest BCUT2D eigenvalue weighted by atomic mass is 79.9. The molecule has 4 heteroatoms. The van der Waals surface area contributed by atoms with Gasteiger partial charge in [0.25, 0.3) is 0 Å². The van der Waals surface area contributed by atoms with Crippen LogP contribution in [0.2, 0.25) is 0 Å². The molecule has 0 fully saturated rings. The normalized spacial score (nSPS) is 12.4. The maximum atomic E-state index is 4.35. The molecule has 0 aliphatic heterocycles. The van der Waals surface area contributed by atoms with E-state index in [1.807, 2.05) is 7.05 Å². The number of rotatable bonds is 3. The number of nitrogens with one attached hydrogen (secondary N) is 1. The smallest absolute Gasteiger partial charge is 0.0801 e. The Kier molecular flexibility index (Phi) is 3.86. The zero-order valence-corrected chi connectivity index (χ0v) is 11.4. The Hall–Kier alpha value is -1.26. The Morgan fingerprint density at radius 2 is 2.12 bits per heavy atom. The van der Waals surface area contributed by atoms with Gasteiger partial charge in [0.2, 0.25) is 0 Å². The van der Waals surface area contributed by atoms with Gasteiger partial charge in [-0.1, -0.05) is 34.1 Å². The summed E-state index contributed by atoms with van der Waals surface area (Å²) in [6.07, 6.45) is 5.18. The van der Waals surface area contributed by atoms with Gasteiger partial charge < -0.3 is 5.32 Å². The molecule has 0 spiro atoms. The molecule has 0 amide bonds. The largest absolute Gasteiger partial charge is 0.308 e. The van der Waals surface area contributed by atoms with E-state index in [9.17, 15) is 0 Å². The van der Waals surface area contributed by atoms with Crippen LogP contribution in [0.1, 0.15) is 22.9 Å². The lowest BCUT2D eigenvalue weighted by molar-refractivity contribution is 0.663.